The third-order valence-electron chi connectivity index (χ3n) is 3.68. The molecule has 0 radical (unpaired) electrons. The van der Waals surface area contributed by atoms with E-state index in [4.69, 9.17) is 23.2 Å². The van der Waals surface area contributed by atoms with E-state index in [1.807, 2.05) is 18.9 Å². The second-order valence-electron chi connectivity index (χ2n) is 5.58. The molecule has 134 valence electrons. The minimum Gasteiger partial charge on any atom is -0.366 e. The van der Waals surface area contributed by atoms with Crippen LogP contribution in [0.1, 0.15) is 23.6 Å². The number of halogens is 5. The molecule has 0 unspecified atom stereocenters. The van der Waals surface area contributed by atoms with Gasteiger partial charge in [-0.05, 0) is 48.7 Å². The first-order valence-corrected chi connectivity index (χ1v) is 8.34. The quantitative estimate of drug-likeness (QED) is 0.438. The third kappa shape index (κ3) is 5.38. The number of alkyl halides is 3. The molecule has 0 N–H and O–H groups in total. The van der Waals surface area contributed by atoms with Crippen LogP contribution in [-0.2, 0) is 12.6 Å². The summed E-state index contributed by atoms with van der Waals surface area (Å²) in [5.74, 6) is 0. The summed E-state index contributed by atoms with van der Waals surface area (Å²) in [5, 5.41) is 0.905. The van der Waals surface area contributed by atoms with Crippen LogP contribution in [0, 0.1) is 0 Å². The van der Waals surface area contributed by atoms with Gasteiger partial charge in [0.2, 0.25) is 0 Å². The summed E-state index contributed by atoms with van der Waals surface area (Å²) in [4.78, 5) is 6.17. The van der Waals surface area contributed by atoms with E-state index in [0.717, 1.165) is 24.2 Å². The van der Waals surface area contributed by atoms with Crippen molar-refractivity contribution in [3.8, 4) is 0 Å². The number of nitrogens with zero attached hydrogens (tertiary/aromatic N) is 2. The Balaban J connectivity index is 2.20. The van der Waals surface area contributed by atoms with Crippen LogP contribution < -0.4 is 0 Å². The van der Waals surface area contributed by atoms with Crippen molar-refractivity contribution in [1.29, 1.82) is 0 Å². The Morgan fingerprint density at radius 2 is 1.72 bits per heavy atom. The van der Waals surface area contributed by atoms with Crippen molar-refractivity contribution < 1.29 is 13.2 Å². The average molecular weight is 389 g/mol. The third-order valence-corrected chi connectivity index (χ3v) is 4.34. The Morgan fingerprint density at radius 3 is 2.28 bits per heavy atom. The van der Waals surface area contributed by atoms with E-state index in [-0.39, 0.29) is 0 Å². The van der Waals surface area contributed by atoms with Crippen LogP contribution in [0.5, 0.6) is 0 Å². The molecule has 2 aromatic carbocycles. The molecule has 0 saturated carbocycles. The molecule has 0 fully saturated rings. The summed E-state index contributed by atoms with van der Waals surface area (Å²) in [5.41, 5.74) is 1.32. The normalized spacial score (nSPS) is 12.0. The van der Waals surface area contributed by atoms with E-state index in [1.54, 1.807) is 18.5 Å². The van der Waals surface area contributed by atoms with Crippen molar-refractivity contribution in [2.75, 3.05) is 13.6 Å². The van der Waals surface area contributed by atoms with E-state index in [0.29, 0.717) is 27.7 Å². The second-order valence-corrected chi connectivity index (χ2v) is 6.40. The maximum absolute atomic E-state index is 12.6. The van der Waals surface area contributed by atoms with Crippen molar-refractivity contribution in [2.45, 2.75) is 19.5 Å². The van der Waals surface area contributed by atoms with Crippen LogP contribution in [0.25, 0.3) is 0 Å². The van der Waals surface area contributed by atoms with Crippen molar-refractivity contribution in [2.24, 2.45) is 4.99 Å². The molecule has 0 aromatic heterocycles. The highest BCUT2D eigenvalue weighted by molar-refractivity contribution is 6.35. The Hall–Kier alpha value is -1.72. The maximum Gasteiger partial charge on any atom is 0.416 e. The van der Waals surface area contributed by atoms with Gasteiger partial charge in [0.25, 0.3) is 0 Å². The molecule has 0 aliphatic rings. The van der Waals surface area contributed by atoms with Gasteiger partial charge in [-0.2, -0.15) is 13.2 Å². The molecule has 0 saturated heterocycles. The van der Waals surface area contributed by atoms with Crippen LogP contribution in [0.3, 0.4) is 0 Å². The predicted molar refractivity (Wildman–Crippen MR) is 97.2 cm³/mol. The molecule has 25 heavy (non-hydrogen) atoms. The van der Waals surface area contributed by atoms with Crippen LogP contribution in [0.2, 0.25) is 10.0 Å². The second kappa shape index (κ2) is 8.11. The summed E-state index contributed by atoms with van der Waals surface area (Å²) in [6.07, 6.45) is -2.30. The minimum atomic E-state index is -4.34. The zero-order chi connectivity index (χ0) is 18.6. The van der Waals surface area contributed by atoms with Crippen LogP contribution in [0.4, 0.5) is 18.9 Å². The zero-order valence-corrected chi connectivity index (χ0v) is 15.3. The highest BCUT2D eigenvalue weighted by Gasteiger charge is 2.29. The molecule has 7 heteroatoms. The first kappa shape index (κ1) is 19.6. The molecule has 0 amide bonds. The van der Waals surface area contributed by atoms with E-state index in [2.05, 4.69) is 4.99 Å². The van der Waals surface area contributed by atoms with Gasteiger partial charge in [-0.3, -0.25) is 0 Å². The van der Waals surface area contributed by atoms with Crippen molar-refractivity contribution in [3.63, 3.8) is 0 Å². The summed E-state index contributed by atoms with van der Waals surface area (Å²) >= 11 is 12.5. The summed E-state index contributed by atoms with van der Waals surface area (Å²) in [7, 11) is 1.89. The molecular weight excluding hydrogens is 372 g/mol. The molecule has 0 aliphatic heterocycles. The number of rotatable bonds is 5. The Kier molecular flexibility index (Phi) is 6.36. The largest absolute Gasteiger partial charge is 0.416 e. The number of hydrogen-bond acceptors (Lipinski definition) is 1. The van der Waals surface area contributed by atoms with Gasteiger partial charge in [-0.15, -0.1) is 0 Å². The van der Waals surface area contributed by atoms with Crippen molar-refractivity contribution >= 4 is 35.2 Å². The van der Waals surface area contributed by atoms with Crippen LogP contribution in [0.15, 0.2) is 41.4 Å². The van der Waals surface area contributed by atoms with E-state index in [1.165, 1.54) is 12.1 Å². The Bertz CT molecular complexity index is 756. The van der Waals surface area contributed by atoms with Gasteiger partial charge in [0.15, 0.2) is 0 Å². The lowest BCUT2D eigenvalue weighted by Gasteiger charge is -2.11. The highest BCUT2D eigenvalue weighted by Crippen LogP contribution is 2.33. The predicted octanol–water partition coefficient (Wildman–Crippen LogP) is 6.21. The van der Waals surface area contributed by atoms with Gasteiger partial charge in [0.05, 0.1) is 22.6 Å². The minimum absolute atomic E-state index is 0.384. The molecule has 0 bridgehead atoms. The molecule has 2 nitrogen and oxygen atoms in total. The fraction of sp³-hybridized carbons (Fsp3) is 0.278. The standard InChI is InChI=1S/C18H17Cl2F3N2/c1-3-25(2)11-24-17-10-15(19)13(9-16(17)20)8-12-4-6-14(7-5-12)18(21,22)23/h4-7,9-11H,3,8H2,1-2H3. The Labute approximate surface area is 154 Å². The number of benzene rings is 2. The molecule has 0 atom stereocenters. The lowest BCUT2D eigenvalue weighted by molar-refractivity contribution is -0.137. The first-order valence-electron chi connectivity index (χ1n) is 7.59. The monoisotopic (exact) mass is 388 g/mol. The van der Waals surface area contributed by atoms with Crippen LogP contribution in [-0.4, -0.2) is 24.8 Å². The smallest absolute Gasteiger partial charge is 0.366 e. The molecule has 0 heterocycles. The van der Waals surface area contributed by atoms with E-state index in [9.17, 15) is 13.2 Å². The number of aliphatic imine (C=N–C) groups is 1. The maximum atomic E-state index is 12.6. The molecule has 2 rings (SSSR count). The molecular formula is C18H17Cl2F3N2. The highest BCUT2D eigenvalue weighted by atomic mass is 35.5. The SMILES string of the molecule is CCN(C)C=Nc1cc(Cl)c(Cc2ccc(C(F)(F)F)cc2)cc1Cl. The molecule has 0 aliphatic carbocycles. The first-order chi connectivity index (χ1) is 11.7. The summed E-state index contributed by atoms with van der Waals surface area (Å²) in [6, 6.07) is 8.35. The van der Waals surface area contributed by atoms with Gasteiger partial charge >= 0.3 is 6.18 Å². The Morgan fingerprint density at radius 1 is 1.08 bits per heavy atom. The van der Waals surface area contributed by atoms with Crippen LogP contribution >= 0.6 is 23.2 Å². The number of hydrogen-bond donors (Lipinski definition) is 0. The van der Waals surface area contributed by atoms with Gasteiger partial charge < -0.3 is 4.90 Å². The van der Waals surface area contributed by atoms with Crippen molar-refractivity contribution in [1.82, 2.24) is 4.90 Å². The molecule has 0 spiro atoms. The van der Waals surface area contributed by atoms with Gasteiger partial charge in [-0.1, -0.05) is 35.3 Å². The topological polar surface area (TPSA) is 15.6 Å². The lowest BCUT2D eigenvalue weighted by atomic mass is 10.0. The van der Waals surface area contributed by atoms with Gasteiger partial charge in [0.1, 0.15) is 0 Å². The summed E-state index contributed by atoms with van der Waals surface area (Å²) < 4.78 is 37.8. The van der Waals surface area contributed by atoms with Crippen molar-refractivity contribution in [3.05, 3.63) is 63.1 Å². The lowest BCUT2D eigenvalue weighted by Crippen LogP contribution is -2.14. The molecule has 2 aromatic rings. The van der Waals surface area contributed by atoms with Gasteiger partial charge in [0, 0.05) is 18.6 Å². The van der Waals surface area contributed by atoms with E-state index >= 15 is 0 Å². The average Bonchev–Trinajstić information content (AvgIpc) is 2.56. The summed E-state index contributed by atoms with van der Waals surface area (Å²) in [6.45, 7) is 2.80. The fourth-order valence-electron chi connectivity index (χ4n) is 2.09. The fourth-order valence-corrected chi connectivity index (χ4v) is 2.55. The zero-order valence-electron chi connectivity index (χ0n) is 13.7. The van der Waals surface area contributed by atoms with E-state index < -0.39 is 11.7 Å². The van der Waals surface area contributed by atoms with Gasteiger partial charge in [-0.25, -0.2) is 4.99 Å².